The van der Waals surface area contributed by atoms with Crippen LogP contribution in [-0.2, 0) is 9.53 Å². The molecule has 1 aliphatic heterocycles. The van der Waals surface area contributed by atoms with Crippen LogP contribution in [0.4, 0.5) is 0 Å². The van der Waals surface area contributed by atoms with Gasteiger partial charge >= 0.3 is 0 Å². The van der Waals surface area contributed by atoms with E-state index in [1.165, 1.54) is 11.8 Å². The van der Waals surface area contributed by atoms with Crippen molar-refractivity contribution >= 4 is 23.2 Å². The summed E-state index contributed by atoms with van der Waals surface area (Å²) < 4.78 is 7.66. The molecule has 5 nitrogen and oxygen atoms in total. The molecule has 2 aromatic rings. The number of thioether (sulfide) groups is 1. The van der Waals surface area contributed by atoms with Crippen LogP contribution in [0.25, 0.3) is 5.52 Å². The molecule has 1 aliphatic rings. The Kier molecular flexibility index (Phi) is 4.17. The highest BCUT2D eigenvalue weighted by Crippen LogP contribution is 2.20. The Morgan fingerprint density at radius 3 is 2.90 bits per heavy atom. The summed E-state index contributed by atoms with van der Waals surface area (Å²) in [5.41, 5.74) is 1.04. The Morgan fingerprint density at radius 1 is 1.38 bits per heavy atom. The summed E-state index contributed by atoms with van der Waals surface area (Å²) >= 11 is 1.48. The molecule has 0 aromatic carbocycles. The lowest BCUT2D eigenvalue weighted by molar-refractivity contribution is -0.140. The van der Waals surface area contributed by atoms with Crippen molar-refractivity contribution in [3.63, 3.8) is 0 Å². The standard InChI is InChI=1S/C15H19N3O2S/c1-11-8-17(9-12(2)20-11)14(19)10-21-15-16-7-13-5-3-4-6-18(13)15/h3-7,11-12H,8-10H2,1-2H3. The summed E-state index contributed by atoms with van der Waals surface area (Å²) in [6.07, 6.45) is 4.00. The smallest absolute Gasteiger partial charge is 0.233 e. The number of hydrogen-bond acceptors (Lipinski definition) is 4. The lowest BCUT2D eigenvalue weighted by Crippen LogP contribution is -2.48. The first-order chi connectivity index (χ1) is 10.1. The van der Waals surface area contributed by atoms with E-state index in [4.69, 9.17) is 4.74 Å². The van der Waals surface area contributed by atoms with Crippen molar-refractivity contribution in [2.75, 3.05) is 18.8 Å². The maximum absolute atomic E-state index is 12.3. The van der Waals surface area contributed by atoms with Crippen molar-refractivity contribution in [3.05, 3.63) is 30.6 Å². The van der Waals surface area contributed by atoms with Crippen molar-refractivity contribution < 1.29 is 9.53 Å². The Balaban J connectivity index is 1.63. The van der Waals surface area contributed by atoms with E-state index in [0.717, 1.165) is 10.7 Å². The van der Waals surface area contributed by atoms with Gasteiger partial charge in [-0.05, 0) is 26.0 Å². The third-order valence-electron chi connectivity index (χ3n) is 3.50. The molecule has 1 saturated heterocycles. The van der Waals surface area contributed by atoms with Crippen molar-refractivity contribution in [1.29, 1.82) is 0 Å². The molecule has 3 heterocycles. The highest BCUT2D eigenvalue weighted by atomic mass is 32.2. The fraction of sp³-hybridized carbons (Fsp3) is 0.467. The number of morpholine rings is 1. The van der Waals surface area contributed by atoms with Crippen LogP contribution in [0.5, 0.6) is 0 Å². The van der Waals surface area contributed by atoms with Gasteiger partial charge in [0.2, 0.25) is 5.91 Å². The Hall–Kier alpha value is -1.53. The van der Waals surface area contributed by atoms with Crippen LogP contribution in [0.2, 0.25) is 0 Å². The molecule has 2 unspecified atom stereocenters. The van der Waals surface area contributed by atoms with Crippen LogP contribution in [0.3, 0.4) is 0 Å². The van der Waals surface area contributed by atoms with Gasteiger partial charge in [0.05, 0.1) is 29.7 Å². The highest BCUT2D eigenvalue weighted by Gasteiger charge is 2.25. The van der Waals surface area contributed by atoms with Gasteiger partial charge in [-0.3, -0.25) is 9.20 Å². The number of nitrogens with zero attached hydrogens (tertiary/aromatic N) is 3. The van der Waals surface area contributed by atoms with Crippen LogP contribution < -0.4 is 0 Å². The van der Waals surface area contributed by atoms with Crippen molar-refractivity contribution in [1.82, 2.24) is 14.3 Å². The molecule has 21 heavy (non-hydrogen) atoms. The molecule has 6 heteroatoms. The van der Waals surface area contributed by atoms with Crippen LogP contribution >= 0.6 is 11.8 Å². The normalized spacial score (nSPS) is 22.7. The van der Waals surface area contributed by atoms with Gasteiger partial charge in [0.15, 0.2) is 5.16 Å². The van der Waals surface area contributed by atoms with Crippen molar-refractivity contribution in [3.8, 4) is 0 Å². The minimum atomic E-state index is 0.106. The molecule has 0 bridgehead atoms. The predicted octanol–water partition coefficient (Wildman–Crippen LogP) is 2.06. The summed E-state index contributed by atoms with van der Waals surface area (Å²) in [4.78, 5) is 18.6. The molecule has 2 aromatic heterocycles. The largest absolute Gasteiger partial charge is 0.372 e. The number of rotatable bonds is 3. The summed E-state index contributed by atoms with van der Waals surface area (Å²) in [6, 6.07) is 5.95. The maximum Gasteiger partial charge on any atom is 0.233 e. The second-order valence-electron chi connectivity index (χ2n) is 5.38. The third-order valence-corrected chi connectivity index (χ3v) is 4.45. The molecule has 1 amide bonds. The maximum atomic E-state index is 12.3. The van der Waals surface area contributed by atoms with E-state index in [2.05, 4.69) is 4.98 Å². The predicted molar refractivity (Wildman–Crippen MR) is 82.5 cm³/mol. The number of pyridine rings is 1. The zero-order valence-corrected chi connectivity index (χ0v) is 13.0. The van der Waals surface area contributed by atoms with Gasteiger partial charge in [-0.1, -0.05) is 17.8 Å². The summed E-state index contributed by atoms with van der Waals surface area (Å²) in [5, 5.41) is 0.855. The highest BCUT2D eigenvalue weighted by molar-refractivity contribution is 7.99. The minimum Gasteiger partial charge on any atom is -0.372 e. The van der Waals surface area contributed by atoms with Crippen molar-refractivity contribution in [2.24, 2.45) is 0 Å². The monoisotopic (exact) mass is 305 g/mol. The van der Waals surface area contributed by atoms with E-state index < -0.39 is 0 Å². The van der Waals surface area contributed by atoms with E-state index in [-0.39, 0.29) is 18.1 Å². The van der Waals surface area contributed by atoms with E-state index in [1.54, 1.807) is 0 Å². The fourth-order valence-corrected chi connectivity index (χ4v) is 3.49. The number of carbonyl (C=O) groups is 1. The molecule has 3 rings (SSSR count). The number of fused-ring (bicyclic) bond motifs is 1. The molecular weight excluding hydrogens is 286 g/mol. The van der Waals surface area contributed by atoms with Gasteiger partial charge in [0, 0.05) is 19.3 Å². The van der Waals surface area contributed by atoms with Gasteiger partial charge < -0.3 is 9.64 Å². The first-order valence-electron chi connectivity index (χ1n) is 7.11. The summed E-state index contributed by atoms with van der Waals surface area (Å²) in [6.45, 7) is 5.36. The Morgan fingerprint density at radius 2 is 2.14 bits per heavy atom. The van der Waals surface area contributed by atoms with E-state index in [1.807, 2.05) is 53.7 Å². The summed E-state index contributed by atoms with van der Waals surface area (Å²) in [5.74, 6) is 0.558. The molecule has 0 N–H and O–H groups in total. The number of amides is 1. The lowest BCUT2D eigenvalue weighted by Gasteiger charge is -2.35. The quantitative estimate of drug-likeness (QED) is 0.814. The van der Waals surface area contributed by atoms with Crippen LogP contribution in [-0.4, -0.2) is 51.2 Å². The van der Waals surface area contributed by atoms with Gasteiger partial charge in [0.25, 0.3) is 0 Å². The van der Waals surface area contributed by atoms with Gasteiger partial charge in [-0.25, -0.2) is 4.98 Å². The topological polar surface area (TPSA) is 46.8 Å². The Labute approximate surface area is 128 Å². The van der Waals surface area contributed by atoms with Crippen LogP contribution in [0.15, 0.2) is 35.7 Å². The first-order valence-corrected chi connectivity index (χ1v) is 8.10. The van der Waals surface area contributed by atoms with E-state index >= 15 is 0 Å². The number of carbonyl (C=O) groups excluding carboxylic acids is 1. The number of imidazole rings is 1. The zero-order chi connectivity index (χ0) is 14.8. The Bertz CT molecular complexity index is 633. The molecular formula is C15H19N3O2S. The first kappa shape index (κ1) is 14.4. The van der Waals surface area contributed by atoms with E-state index in [0.29, 0.717) is 18.8 Å². The lowest BCUT2D eigenvalue weighted by atomic mass is 10.2. The number of hydrogen-bond donors (Lipinski definition) is 0. The molecule has 112 valence electrons. The SMILES string of the molecule is CC1CN(C(=O)CSc2ncc3ccccn23)CC(C)O1. The third kappa shape index (κ3) is 3.22. The molecule has 1 fully saturated rings. The molecule has 2 atom stereocenters. The van der Waals surface area contributed by atoms with Gasteiger partial charge in [-0.2, -0.15) is 0 Å². The van der Waals surface area contributed by atoms with Crippen LogP contribution in [0.1, 0.15) is 13.8 Å². The molecule has 0 radical (unpaired) electrons. The fourth-order valence-electron chi connectivity index (χ4n) is 2.63. The van der Waals surface area contributed by atoms with Gasteiger partial charge in [-0.15, -0.1) is 0 Å². The number of aromatic nitrogens is 2. The molecule has 0 saturated carbocycles. The van der Waals surface area contributed by atoms with E-state index in [9.17, 15) is 4.79 Å². The number of ether oxygens (including phenoxy) is 1. The van der Waals surface area contributed by atoms with Crippen LogP contribution in [0, 0.1) is 0 Å². The average Bonchev–Trinajstić information content (AvgIpc) is 2.87. The van der Waals surface area contributed by atoms with Crippen molar-refractivity contribution in [2.45, 2.75) is 31.2 Å². The molecule has 0 spiro atoms. The minimum absolute atomic E-state index is 0.106. The zero-order valence-electron chi connectivity index (χ0n) is 12.2. The summed E-state index contributed by atoms with van der Waals surface area (Å²) in [7, 11) is 0. The molecule has 0 aliphatic carbocycles. The average molecular weight is 305 g/mol. The van der Waals surface area contributed by atoms with Gasteiger partial charge in [0.1, 0.15) is 0 Å². The second kappa shape index (κ2) is 6.07. The second-order valence-corrected chi connectivity index (χ2v) is 6.32.